The maximum atomic E-state index is 10.2. The highest BCUT2D eigenvalue weighted by molar-refractivity contribution is 5.83. The van der Waals surface area contributed by atoms with Crippen LogP contribution in [0, 0.1) is 11.3 Å². The molecule has 6 aromatic carbocycles. The highest BCUT2D eigenvalue weighted by Gasteiger charge is 2.18. The smallest absolute Gasteiger partial charge is 0.160 e. The van der Waals surface area contributed by atoms with Gasteiger partial charge in [-0.15, -0.1) is 0 Å². The van der Waals surface area contributed by atoms with Gasteiger partial charge in [0.1, 0.15) is 11.6 Å². The van der Waals surface area contributed by atoms with E-state index in [4.69, 9.17) is 9.97 Å². The Morgan fingerprint density at radius 2 is 0.659 bits per heavy atom. The van der Waals surface area contributed by atoms with Gasteiger partial charge >= 0.3 is 0 Å². The fourth-order valence-corrected chi connectivity index (χ4v) is 5.51. The van der Waals surface area contributed by atoms with Gasteiger partial charge in [-0.25, -0.2) is 9.97 Å². The molecule has 0 aliphatic carbocycles. The lowest BCUT2D eigenvalue weighted by Gasteiger charge is -2.13. The van der Waals surface area contributed by atoms with E-state index in [9.17, 15) is 5.26 Å². The number of benzene rings is 6. The first-order valence-electron chi connectivity index (χ1n) is 14.6. The lowest BCUT2D eigenvalue weighted by molar-refractivity contribution is 1.17. The molecule has 0 aliphatic rings. The highest BCUT2D eigenvalue weighted by Crippen LogP contribution is 2.35. The van der Waals surface area contributed by atoms with E-state index in [-0.39, 0.29) is 0 Å². The van der Waals surface area contributed by atoms with Crippen LogP contribution in [0.15, 0.2) is 164 Å². The van der Waals surface area contributed by atoms with Gasteiger partial charge in [0.05, 0.1) is 11.4 Å². The first-order chi connectivity index (χ1) is 21.8. The molecule has 0 spiro atoms. The first kappa shape index (κ1) is 26.8. The molecule has 0 radical (unpaired) electrons. The van der Waals surface area contributed by atoms with Crippen molar-refractivity contribution >= 4 is 0 Å². The summed E-state index contributed by atoms with van der Waals surface area (Å²) >= 11 is 0. The highest BCUT2D eigenvalue weighted by atomic mass is 14.9. The number of nitrogens with zero attached hydrogens (tertiary/aromatic N) is 3. The third-order valence-electron chi connectivity index (χ3n) is 7.74. The Labute approximate surface area is 257 Å². The van der Waals surface area contributed by atoms with Crippen molar-refractivity contribution in [3.05, 3.63) is 169 Å². The Bertz CT molecular complexity index is 1960. The molecule has 1 heterocycles. The average molecular weight is 562 g/mol. The second-order valence-corrected chi connectivity index (χ2v) is 10.6. The summed E-state index contributed by atoms with van der Waals surface area (Å²) < 4.78 is 0. The van der Waals surface area contributed by atoms with E-state index in [0.29, 0.717) is 22.8 Å². The summed E-state index contributed by atoms with van der Waals surface area (Å²) in [6.45, 7) is 0. The largest absolute Gasteiger partial charge is 0.227 e. The standard InChI is InChI=1S/C41H27N3/c42-28-38-39(32-17-9-3-10-18-32)43-41(44-40(38)33-19-11-4-12-20-33)34-23-21-31(22-24-34)37-26-35(29-13-5-1-6-14-29)25-36(27-37)30-15-7-2-8-16-30/h1-27H. The normalized spacial score (nSPS) is 10.7. The summed E-state index contributed by atoms with van der Waals surface area (Å²) in [4.78, 5) is 9.89. The number of hydrogen-bond donors (Lipinski definition) is 0. The molecule has 0 amide bonds. The van der Waals surface area contributed by atoms with Crippen LogP contribution < -0.4 is 0 Å². The maximum absolute atomic E-state index is 10.2. The molecule has 0 bridgehead atoms. The summed E-state index contributed by atoms with van der Waals surface area (Å²) in [6, 6.07) is 58.2. The Hall–Kier alpha value is -6.11. The van der Waals surface area contributed by atoms with E-state index >= 15 is 0 Å². The van der Waals surface area contributed by atoms with E-state index in [1.165, 1.54) is 22.3 Å². The summed E-state index contributed by atoms with van der Waals surface area (Å²) in [7, 11) is 0. The lowest BCUT2D eigenvalue weighted by atomic mass is 9.93. The summed E-state index contributed by atoms with van der Waals surface area (Å²) in [5.74, 6) is 0.580. The zero-order chi connectivity index (χ0) is 29.7. The van der Waals surface area contributed by atoms with Gasteiger partial charge in [-0.2, -0.15) is 5.26 Å². The number of nitriles is 1. The molecule has 7 rings (SSSR count). The molecule has 206 valence electrons. The van der Waals surface area contributed by atoms with Crippen molar-refractivity contribution in [1.29, 1.82) is 5.26 Å². The lowest BCUT2D eigenvalue weighted by Crippen LogP contribution is -2.01. The molecular formula is C41H27N3. The maximum Gasteiger partial charge on any atom is 0.160 e. The molecule has 0 fully saturated rings. The quantitative estimate of drug-likeness (QED) is 0.203. The summed E-state index contributed by atoms with van der Waals surface area (Å²) in [6.07, 6.45) is 0. The first-order valence-corrected chi connectivity index (χ1v) is 14.6. The molecule has 7 aromatic rings. The Kier molecular flexibility index (Phi) is 7.31. The Morgan fingerprint density at radius 3 is 1.02 bits per heavy atom. The van der Waals surface area contributed by atoms with Gasteiger partial charge in [0, 0.05) is 16.7 Å². The van der Waals surface area contributed by atoms with Crippen molar-refractivity contribution in [1.82, 2.24) is 9.97 Å². The van der Waals surface area contributed by atoms with Crippen LogP contribution in [0.2, 0.25) is 0 Å². The molecule has 0 atom stereocenters. The monoisotopic (exact) mass is 561 g/mol. The second-order valence-electron chi connectivity index (χ2n) is 10.6. The predicted octanol–water partition coefficient (Wildman–Crippen LogP) is 10.4. The number of aromatic nitrogens is 2. The Morgan fingerprint density at radius 1 is 0.341 bits per heavy atom. The third kappa shape index (κ3) is 5.41. The minimum Gasteiger partial charge on any atom is -0.227 e. The molecule has 0 saturated carbocycles. The van der Waals surface area contributed by atoms with Crippen LogP contribution >= 0.6 is 0 Å². The van der Waals surface area contributed by atoms with Crippen LogP contribution in [0.5, 0.6) is 0 Å². The van der Waals surface area contributed by atoms with Crippen molar-refractivity contribution in [3.63, 3.8) is 0 Å². The Balaban J connectivity index is 1.34. The van der Waals surface area contributed by atoms with E-state index in [1.807, 2.05) is 72.8 Å². The number of hydrogen-bond acceptors (Lipinski definition) is 3. The molecule has 0 unspecified atom stereocenters. The topological polar surface area (TPSA) is 49.6 Å². The van der Waals surface area contributed by atoms with Gasteiger partial charge in [0.25, 0.3) is 0 Å². The average Bonchev–Trinajstić information content (AvgIpc) is 3.12. The van der Waals surface area contributed by atoms with Crippen molar-refractivity contribution < 1.29 is 0 Å². The zero-order valence-corrected chi connectivity index (χ0v) is 23.9. The predicted molar refractivity (Wildman–Crippen MR) is 179 cm³/mol. The van der Waals surface area contributed by atoms with Gasteiger partial charge in [0.2, 0.25) is 0 Å². The van der Waals surface area contributed by atoms with Crippen LogP contribution in [0.25, 0.3) is 67.3 Å². The van der Waals surface area contributed by atoms with E-state index in [1.54, 1.807) is 0 Å². The van der Waals surface area contributed by atoms with Gasteiger partial charge in [-0.1, -0.05) is 146 Å². The van der Waals surface area contributed by atoms with E-state index in [2.05, 4.69) is 97.1 Å². The third-order valence-corrected chi connectivity index (χ3v) is 7.74. The van der Waals surface area contributed by atoms with Gasteiger partial charge < -0.3 is 0 Å². The molecule has 3 heteroatoms. The van der Waals surface area contributed by atoms with Gasteiger partial charge in [-0.05, 0) is 51.6 Å². The zero-order valence-electron chi connectivity index (χ0n) is 23.9. The second kappa shape index (κ2) is 12.0. The van der Waals surface area contributed by atoms with Crippen molar-refractivity contribution in [2.75, 3.05) is 0 Å². The minimum atomic E-state index is 0.467. The van der Waals surface area contributed by atoms with Crippen LogP contribution in [0.4, 0.5) is 0 Å². The van der Waals surface area contributed by atoms with Crippen LogP contribution in [-0.4, -0.2) is 9.97 Å². The van der Waals surface area contributed by atoms with Crippen LogP contribution in [-0.2, 0) is 0 Å². The summed E-state index contributed by atoms with van der Waals surface area (Å²) in [5.41, 5.74) is 11.3. The number of rotatable bonds is 6. The molecule has 44 heavy (non-hydrogen) atoms. The van der Waals surface area contributed by atoms with E-state index in [0.717, 1.165) is 27.8 Å². The molecule has 0 saturated heterocycles. The fraction of sp³-hybridized carbons (Fsp3) is 0. The van der Waals surface area contributed by atoms with Gasteiger partial charge in [0.15, 0.2) is 5.82 Å². The molecule has 3 nitrogen and oxygen atoms in total. The van der Waals surface area contributed by atoms with Gasteiger partial charge in [-0.3, -0.25) is 0 Å². The van der Waals surface area contributed by atoms with Crippen molar-refractivity contribution in [2.24, 2.45) is 0 Å². The summed E-state index contributed by atoms with van der Waals surface area (Å²) in [5, 5.41) is 10.2. The molecule has 0 aliphatic heterocycles. The van der Waals surface area contributed by atoms with Crippen LogP contribution in [0.3, 0.4) is 0 Å². The fourth-order valence-electron chi connectivity index (χ4n) is 5.51. The SMILES string of the molecule is N#Cc1c(-c2ccccc2)nc(-c2ccc(-c3cc(-c4ccccc4)cc(-c4ccccc4)c3)cc2)nc1-c1ccccc1. The minimum absolute atomic E-state index is 0.467. The molecule has 0 N–H and O–H groups in total. The van der Waals surface area contributed by atoms with Crippen molar-refractivity contribution in [3.8, 4) is 73.4 Å². The molecular weight excluding hydrogens is 534 g/mol. The van der Waals surface area contributed by atoms with Crippen molar-refractivity contribution in [2.45, 2.75) is 0 Å². The molecule has 1 aromatic heterocycles. The van der Waals surface area contributed by atoms with Crippen LogP contribution in [0.1, 0.15) is 5.56 Å². The van der Waals surface area contributed by atoms with E-state index < -0.39 is 0 Å².